The van der Waals surface area contributed by atoms with Crippen molar-refractivity contribution in [1.29, 1.82) is 0 Å². The number of benzene rings is 1. The number of alkyl halides is 2. The summed E-state index contributed by atoms with van der Waals surface area (Å²) in [5, 5.41) is 16.1. The Kier molecular flexibility index (Phi) is 4.36. The molecule has 1 amide bonds. The maximum atomic E-state index is 14.0. The van der Waals surface area contributed by atoms with Gasteiger partial charge in [-0.2, -0.15) is 13.9 Å². The summed E-state index contributed by atoms with van der Waals surface area (Å²) in [7, 11) is 0. The summed E-state index contributed by atoms with van der Waals surface area (Å²) >= 11 is 0. The topological polar surface area (TPSA) is 67.2 Å². The zero-order valence-corrected chi connectivity index (χ0v) is 13.1. The molecule has 0 atom stereocenters. The van der Waals surface area contributed by atoms with Crippen molar-refractivity contribution in [3.63, 3.8) is 0 Å². The van der Waals surface area contributed by atoms with Gasteiger partial charge in [0.25, 0.3) is 5.91 Å². The second-order valence-corrected chi connectivity index (χ2v) is 6.17. The summed E-state index contributed by atoms with van der Waals surface area (Å²) in [4.78, 5) is 11.7. The maximum absolute atomic E-state index is 14.0. The molecule has 3 rings (SSSR count). The largest absolute Gasteiger partial charge is 0.383 e. The van der Waals surface area contributed by atoms with E-state index in [1.54, 1.807) is 10.9 Å². The van der Waals surface area contributed by atoms with Crippen LogP contribution < -0.4 is 5.32 Å². The number of carbonyl (C=O) groups is 1. The number of amides is 1. The molecule has 1 aliphatic carbocycles. The van der Waals surface area contributed by atoms with E-state index >= 15 is 0 Å². The number of halogens is 2. The van der Waals surface area contributed by atoms with Gasteiger partial charge in [0.2, 0.25) is 0 Å². The van der Waals surface area contributed by atoms with Crippen molar-refractivity contribution < 1.29 is 18.7 Å². The summed E-state index contributed by atoms with van der Waals surface area (Å²) in [6, 6.07) is 9.69. The Bertz CT molecular complexity index is 712. The first-order valence-electron chi connectivity index (χ1n) is 7.84. The fraction of sp³-hybridized carbons (Fsp3) is 0.412. The van der Waals surface area contributed by atoms with Crippen molar-refractivity contribution in [2.45, 2.75) is 43.9 Å². The Hall–Kier alpha value is -2.28. The second kappa shape index (κ2) is 6.32. The molecule has 1 aromatic heterocycles. The van der Waals surface area contributed by atoms with Crippen molar-refractivity contribution in [2.75, 3.05) is 0 Å². The second-order valence-electron chi connectivity index (χ2n) is 6.17. The molecule has 7 heteroatoms. The van der Waals surface area contributed by atoms with Crippen LogP contribution in [-0.4, -0.2) is 32.3 Å². The Morgan fingerprint density at radius 1 is 1.29 bits per heavy atom. The first kappa shape index (κ1) is 16.6. The molecule has 0 radical (unpaired) electrons. The third-order valence-electron chi connectivity index (χ3n) is 4.38. The Labute approximate surface area is 138 Å². The number of nitrogens with one attached hydrogen (secondary N) is 1. The third-order valence-corrected chi connectivity index (χ3v) is 4.38. The molecule has 1 aromatic carbocycles. The summed E-state index contributed by atoms with van der Waals surface area (Å²) in [5.41, 5.74) is -0.514. The molecular weight excluding hydrogens is 316 g/mol. The van der Waals surface area contributed by atoms with E-state index in [2.05, 4.69) is 10.4 Å². The van der Waals surface area contributed by atoms with Crippen molar-refractivity contribution in [2.24, 2.45) is 0 Å². The minimum absolute atomic E-state index is 0.0531. The van der Waals surface area contributed by atoms with Crippen molar-refractivity contribution in [3.05, 3.63) is 53.9 Å². The minimum atomic E-state index is -3.77. The molecule has 1 heterocycles. The van der Waals surface area contributed by atoms with Crippen LogP contribution in [0.2, 0.25) is 0 Å². The first-order valence-corrected chi connectivity index (χ1v) is 7.84. The van der Waals surface area contributed by atoms with Crippen LogP contribution >= 0.6 is 0 Å². The number of carbonyl (C=O) groups excluding carboxylic acids is 1. The van der Waals surface area contributed by atoms with Crippen LogP contribution in [0.4, 0.5) is 8.78 Å². The van der Waals surface area contributed by atoms with E-state index in [1.165, 1.54) is 6.20 Å². The lowest BCUT2D eigenvalue weighted by atomic mass is 9.75. The van der Waals surface area contributed by atoms with Crippen LogP contribution in [0.3, 0.4) is 0 Å². The monoisotopic (exact) mass is 335 g/mol. The van der Waals surface area contributed by atoms with Crippen LogP contribution in [0.5, 0.6) is 0 Å². The molecule has 0 saturated heterocycles. The number of rotatable bonds is 6. The molecule has 1 aliphatic rings. The Morgan fingerprint density at radius 3 is 2.62 bits per heavy atom. The molecule has 5 nitrogen and oxygen atoms in total. The van der Waals surface area contributed by atoms with Gasteiger partial charge in [0.1, 0.15) is 5.60 Å². The van der Waals surface area contributed by atoms with E-state index in [9.17, 15) is 18.7 Å². The van der Waals surface area contributed by atoms with Crippen LogP contribution in [0.15, 0.2) is 42.7 Å². The van der Waals surface area contributed by atoms with E-state index in [0.29, 0.717) is 18.5 Å². The molecule has 1 fully saturated rings. The van der Waals surface area contributed by atoms with Crippen LogP contribution in [0, 0.1) is 0 Å². The minimum Gasteiger partial charge on any atom is -0.383 e. The van der Waals surface area contributed by atoms with Gasteiger partial charge < -0.3 is 10.4 Å². The van der Waals surface area contributed by atoms with Gasteiger partial charge in [-0.3, -0.25) is 9.48 Å². The number of hydrogen-bond donors (Lipinski definition) is 2. The van der Waals surface area contributed by atoms with E-state index in [-0.39, 0.29) is 19.4 Å². The van der Waals surface area contributed by atoms with Crippen molar-refractivity contribution >= 4 is 5.91 Å². The lowest BCUT2D eigenvalue weighted by Crippen LogP contribution is -2.60. The quantitative estimate of drug-likeness (QED) is 0.849. The van der Waals surface area contributed by atoms with Gasteiger partial charge in [0.05, 0.1) is 12.7 Å². The lowest BCUT2D eigenvalue weighted by Gasteiger charge is -2.41. The van der Waals surface area contributed by atoms with Gasteiger partial charge in [-0.15, -0.1) is 0 Å². The highest BCUT2D eigenvalue weighted by atomic mass is 19.3. The zero-order valence-electron chi connectivity index (χ0n) is 13.1. The molecule has 0 aliphatic heterocycles. The number of hydrogen-bond acceptors (Lipinski definition) is 3. The van der Waals surface area contributed by atoms with Gasteiger partial charge in [-0.05, 0) is 24.8 Å². The fourth-order valence-corrected chi connectivity index (χ4v) is 2.68. The molecular formula is C17H19F2N3O2. The standard InChI is InChI=1S/C17H19F2N3O2/c18-17(19,16(24)7-4-8-16)15(23)20-9-14-10-21-22(12-14)11-13-5-2-1-3-6-13/h1-3,5-6,10,12,24H,4,7-9,11H2,(H,20,23). The van der Waals surface area contributed by atoms with E-state index in [4.69, 9.17) is 0 Å². The molecule has 0 spiro atoms. The molecule has 1 saturated carbocycles. The fourth-order valence-electron chi connectivity index (χ4n) is 2.68. The van der Waals surface area contributed by atoms with E-state index in [1.807, 2.05) is 30.3 Å². The van der Waals surface area contributed by atoms with Crippen molar-refractivity contribution in [3.8, 4) is 0 Å². The van der Waals surface area contributed by atoms with Crippen molar-refractivity contribution in [1.82, 2.24) is 15.1 Å². The van der Waals surface area contributed by atoms with Gasteiger partial charge in [-0.1, -0.05) is 30.3 Å². The normalized spacial score (nSPS) is 16.5. The average molecular weight is 335 g/mol. The summed E-state index contributed by atoms with van der Waals surface area (Å²) in [6.45, 7) is 0.504. The average Bonchev–Trinajstić information content (AvgIpc) is 2.98. The van der Waals surface area contributed by atoms with Gasteiger partial charge in [0, 0.05) is 18.3 Å². The predicted molar refractivity (Wildman–Crippen MR) is 83.4 cm³/mol. The number of aliphatic hydroxyl groups is 1. The molecule has 128 valence electrons. The highest BCUT2D eigenvalue weighted by Crippen LogP contribution is 2.44. The van der Waals surface area contributed by atoms with Crippen LogP contribution in [-0.2, 0) is 17.9 Å². The molecule has 0 bridgehead atoms. The Balaban J connectivity index is 1.56. The molecule has 2 aromatic rings. The van der Waals surface area contributed by atoms with Gasteiger partial charge in [0.15, 0.2) is 0 Å². The third kappa shape index (κ3) is 3.17. The van der Waals surface area contributed by atoms with Crippen LogP contribution in [0.25, 0.3) is 0 Å². The predicted octanol–water partition coefficient (Wildman–Crippen LogP) is 2.10. The van der Waals surface area contributed by atoms with E-state index in [0.717, 1.165) is 5.56 Å². The SMILES string of the molecule is O=C(NCc1cnn(Cc2ccccc2)c1)C(F)(F)C1(O)CCC1. The lowest BCUT2D eigenvalue weighted by molar-refractivity contribution is -0.216. The summed E-state index contributed by atoms with van der Waals surface area (Å²) < 4.78 is 29.6. The number of nitrogens with zero attached hydrogens (tertiary/aromatic N) is 2. The molecule has 0 unspecified atom stereocenters. The van der Waals surface area contributed by atoms with E-state index < -0.39 is 17.4 Å². The van der Waals surface area contributed by atoms with Gasteiger partial charge >= 0.3 is 5.92 Å². The molecule has 2 N–H and O–H groups in total. The highest BCUT2D eigenvalue weighted by molar-refractivity contribution is 5.85. The summed E-state index contributed by atoms with van der Waals surface area (Å²) in [5.74, 6) is -5.22. The zero-order chi connectivity index (χ0) is 17.2. The smallest absolute Gasteiger partial charge is 0.352 e. The Morgan fingerprint density at radius 2 is 2.00 bits per heavy atom. The van der Waals surface area contributed by atoms with Gasteiger partial charge in [-0.25, -0.2) is 0 Å². The first-order chi connectivity index (χ1) is 11.4. The highest BCUT2D eigenvalue weighted by Gasteiger charge is 2.61. The molecule has 24 heavy (non-hydrogen) atoms. The number of aromatic nitrogens is 2. The van der Waals surface area contributed by atoms with Crippen LogP contribution in [0.1, 0.15) is 30.4 Å². The summed E-state index contributed by atoms with van der Waals surface area (Å²) in [6.07, 6.45) is 3.62. The maximum Gasteiger partial charge on any atom is 0.352 e.